The molecular weight excluding hydrogens is 336 g/mol. The number of benzene rings is 2. The molecule has 0 saturated carbocycles. The van der Waals surface area contributed by atoms with E-state index in [1.165, 1.54) is 25.1 Å². The number of rotatable bonds is 5. The van der Waals surface area contributed by atoms with Gasteiger partial charge in [-0.3, -0.25) is 35.1 Å². The summed E-state index contributed by atoms with van der Waals surface area (Å²) >= 11 is 0. The second kappa shape index (κ2) is 6.70. The number of amides is 1. The molecule has 2 aromatic rings. The molecule has 0 heterocycles. The van der Waals surface area contributed by atoms with E-state index >= 15 is 0 Å². The van der Waals surface area contributed by atoms with Crippen molar-refractivity contribution < 1.29 is 19.6 Å². The van der Waals surface area contributed by atoms with Crippen LogP contribution < -0.4 is 5.32 Å². The van der Waals surface area contributed by atoms with Gasteiger partial charge in [0.2, 0.25) is 0 Å². The molecule has 0 aliphatic heterocycles. The summed E-state index contributed by atoms with van der Waals surface area (Å²) in [6.07, 6.45) is 0. The van der Waals surface area contributed by atoms with Gasteiger partial charge in [-0.25, -0.2) is 0 Å². The molecule has 1 N–H and O–H groups in total. The van der Waals surface area contributed by atoms with Crippen LogP contribution in [0.1, 0.15) is 15.9 Å². The summed E-state index contributed by atoms with van der Waals surface area (Å²) in [6.45, 7) is 1.21. The Balaban J connectivity index is 2.42. The van der Waals surface area contributed by atoms with E-state index in [1.54, 1.807) is 0 Å². The Kier molecular flexibility index (Phi) is 4.68. The van der Waals surface area contributed by atoms with E-state index in [4.69, 9.17) is 0 Å². The van der Waals surface area contributed by atoms with E-state index in [-0.39, 0.29) is 22.5 Å². The van der Waals surface area contributed by atoms with Crippen LogP contribution in [-0.2, 0) is 0 Å². The molecule has 0 atom stereocenters. The minimum absolute atomic E-state index is 0.0741. The van der Waals surface area contributed by atoms with Crippen molar-refractivity contribution in [1.82, 2.24) is 0 Å². The van der Waals surface area contributed by atoms with Crippen molar-refractivity contribution in [1.29, 1.82) is 0 Å². The molecule has 128 valence electrons. The molecule has 11 heteroatoms. The van der Waals surface area contributed by atoms with E-state index in [0.29, 0.717) is 0 Å². The number of nitrogens with one attached hydrogen (secondary N) is 1. The van der Waals surface area contributed by atoms with Crippen molar-refractivity contribution in [2.24, 2.45) is 0 Å². The van der Waals surface area contributed by atoms with E-state index in [0.717, 1.165) is 18.2 Å². The van der Waals surface area contributed by atoms with E-state index in [2.05, 4.69) is 5.32 Å². The Labute approximate surface area is 139 Å². The molecule has 25 heavy (non-hydrogen) atoms. The van der Waals surface area contributed by atoms with Gasteiger partial charge >= 0.3 is 0 Å². The largest absolute Gasteiger partial charge is 0.322 e. The molecule has 0 saturated heterocycles. The first-order chi connectivity index (χ1) is 11.7. The molecule has 0 bridgehead atoms. The summed E-state index contributed by atoms with van der Waals surface area (Å²) in [5.74, 6) is -0.869. The first kappa shape index (κ1) is 17.5. The molecule has 0 aliphatic carbocycles. The lowest BCUT2D eigenvalue weighted by Crippen LogP contribution is -2.13. The highest BCUT2D eigenvalue weighted by molar-refractivity contribution is 6.05. The van der Waals surface area contributed by atoms with Gasteiger partial charge in [-0.2, -0.15) is 0 Å². The Bertz CT molecular complexity index is 875. The normalized spacial score (nSPS) is 10.1. The molecule has 0 radical (unpaired) electrons. The maximum absolute atomic E-state index is 12.2. The molecule has 0 aliphatic rings. The third-order valence-electron chi connectivity index (χ3n) is 3.32. The van der Waals surface area contributed by atoms with Crippen LogP contribution in [-0.4, -0.2) is 20.7 Å². The van der Waals surface area contributed by atoms with Crippen molar-refractivity contribution in [3.63, 3.8) is 0 Å². The van der Waals surface area contributed by atoms with Gasteiger partial charge in [0.25, 0.3) is 23.0 Å². The van der Waals surface area contributed by atoms with Gasteiger partial charge in [-0.15, -0.1) is 0 Å². The first-order valence-corrected chi connectivity index (χ1v) is 6.70. The third-order valence-corrected chi connectivity index (χ3v) is 3.32. The van der Waals surface area contributed by atoms with Crippen LogP contribution >= 0.6 is 0 Å². The van der Waals surface area contributed by atoms with E-state index in [9.17, 15) is 35.1 Å². The van der Waals surface area contributed by atoms with Gasteiger partial charge in [0, 0.05) is 30.0 Å². The van der Waals surface area contributed by atoms with Crippen molar-refractivity contribution in [2.45, 2.75) is 6.92 Å². The van der Waals surface area contributed by atoms with Crippen molar-refractivity contribution in [2.75, 3.05) is 5.32 Å². The molecule has 0 unspecified atom stereocenters. The van der Waals surface area contributed by atoms with Crippen LogP contribution in [0.3, 0.4) is 0 Å². The Morgan fingerprint density at radius 3 is 1.96 bits per heavy atom. The molecule has 0 spiro atoms. The van der Waals surface area contributed by atoms with Crippen molar-refractivity contribution in [3.05, 3.63) is 77.9 Å². The summed E-state index contributed by atoms with van der Waals surface area (Å²) in [5, 5.41) is 35.1. The minimum atomic E-state index is -0.869. The van der Waals surface area contributed by atoms with Gasteiger partial charge in [-0.1, -0.05) is 6.07 Å². The number of anilines is 1. The highest BCUT2D eigenvalue weighted by atomic mass is 16.6. The lowest BCUT2D eigenvalue weighted by atomic mass is 10.1. The van der Waals surface area contributed by atoms with Crippen molar-refractivity contribution in [3.8, 4) is 0 Å². The van der Waals surface area contributed by atoms with Gasteiger partial charge in [0.15, 0.2) is 0 Å². The molecule has 11 nitrogen and oxygen atoms in total. The topological polar surface area (TPSA) is 159 Å². The molecule has 1 amide bonds. The zero-order valence-corrected chi connectivity index (χ0v) is 12.7. The standard InChI is InChI=1S/C14H10N4O7/c1-8-12(17(22)23)5-9(6-13(8)18(24)25)14(19)15-10-3-2-4-11(7-10)16(20)21/h2-7H,1H3,(H,15,19). The second-order valence-electron chi connectivity index (χ2n) is 4.92. The number of hydrogen-bond acceptors (Lipinski definition) is 7. The number of nitro groups is 3. The van der Waals surface area contributed by atoms with Crippen molar-refractivity contribution >= 4 is 28.7 Å². The smallest absolute Gasteiger partial charge is 0.279 e. The quantitative estimate of drug-likeness (QED) is 0.643. The number of non-ortho nitro benzene ring substituents is 1. The summed E-state index contributed by atoms with van der Waals surface area (Å²) in [4.78, 5) is 42.7. The maximum Gasteiger partial charge on any atom is 0.279 e. The van der Waals surface area contributed by atoms with Crippen LogP contribution in [0.25, 0.3) is 0 Å². The van der Waals surface area contributed by atoms with Crippen LogP contribution in [0, 0.1) is 37.3 Å². The average molecular weight is 346 g/mol. The van der Waals surface area contributed by atoms with E-state index < -0.39 is 32.1 Å². The number of carbonyl (C=O) groups is 1. The fourth-order valence-electron chi connectivity index (χ4n) is 2.09. The monoisotopic (exact) mass is 346 g/mol. The maximum atomic E-state index is 12.2. The summed E-state index contributed by atoms with van der Waals surface area (Å²) in [7, 11) is 0. The fraction of sp³-hybridized carbons (Fsp3) is 0.0714. The second-order valence-corrected chi connectivity index (χ2v) is 4.92. The van der Waals surface area contributed by atoms with Gasteiger partial charge in [0.05, 0.1) is 20.3 Å². The molecule has 0 fully saturated rings. The molecular formula is C14H10N4O7. The SMILES string of the molecule is Cc1c([N+](=O)[O-])cc(C(=O)Nc2cccc([N+](=O)[O-])c2)cc1[N+](=O)[O-]. The first-order valence-electron chi connectivity index (χ1n) is 6.70. The average Bonchev–Trinajstić information content (AvgIpc) is 2.54. The summed E-state index contributed by atoms with van der Waals surface area (Å²) in [5.41, 5.74) is -1.82. The highest BCUT2D eigenvalue weighted by Crippen LogP contribution is 2.29. The lowest BCUT2D eigenvalue weighted by molar-refractivity contribution is -0.395. The number of nitrogens with zero attached hydrogens (tertiary/aromatic N) is 3. The zero-order valence-electron chi connectivity index (χ0n) is 12.7. The predicted octanol–water partition coefficient (Wildman–Crippen LogP) is 2.97. The Hall–Kier alpha value is -3.89. The molecule has 0 aromatic heterocycles. The van der Waals surface area contributed by atoms with Crippen LogP contribution in [0.4, 0.5) is 22.7 Å². The zero-order chi connectivity index (χ0) is 18.7. The third kappa shape index (κ3) is 3.72. The van der Waals surface area contributed by atoms with Crippen LogP contribution in [0.2, 0.25) is 0 Å². The highest BCUT2D eigenvalue weighted by Gasteiger charge is 2.25. The number of carbonyl (C=O) groups excluding carboxylic acids is 1. The van der Waals surface area contributed by atoms with Gasteiger partial charge < -0.3 is 5.32 Å². The summed E-state index contributed by atoms with van der Waals surface area (Å²) in [6, 6.07) is 6.85. The molecule has 2 aromatic carbocycles. The lowest BCUT2D eigenvalue weighted by Gasteiger charge is -2.06. The van der Waals surface area contributed by atoms with Crippen LogP contribution in [0.15, 0.2) is 36.4 Å². The van der Waals surface area contributed by atoms with Crippen LogP contribution in [0.5, 0.6) is 0 Å². The minimum Gasteiger partial charge on any atom is -0.322 e. The Morgan fingerprint density at radius 2 is 1.48 bits per heavy atom. The number of hydrogen-bond donors (Lipinski definition) is 1. The van der Waals surface area contributed by atoms with E-state index in [1.807, 2.05) is 0 Å². The number of nitro benzene ring substituents is 3. The van der Waals surface area contributed by atoms with Gasteiger partial charge in [-0.05, 0) is 13.0 Å². The predicted molar refractivity (Wildman–Crippen MR) is 85.5 cm³/mol. The Morgan fingerprint density at radius 1 is 0.920 bits per heavy atom. The fourth-order valence-corrected chi connectivity index (χ4v) is 2.09. The van der Waals surface area contributed by atoms with Gasteiger partial charge in [0.1, 0.15) is 5.56 Å². The molecule has 2 rings (SSSR count). The summed E-state index contributed by atoms with van der Waals surface area (Å²) < 4.78 is 0.